The smallest absolute Gasteiger partial charge is 0.123 e. The predicted molar refractivity (Wildman–Crippen MR) is 67.1 cm³/mol. The van der Waals surface area contributed by atoms with Crippen molar-refractivity contribution in [1.82, 2.24) is 5.32 Å². The lowest BCUT2D eigenvalue weighted by Gasteiger charge is -2.17. The van der Waals surface area contributed by atoms with E-state index in [1.807, 2.05) is 13.1 Å². The second-order valence-electron chi connectivity index (χ2n) is 5.51. The molecular weight excluding hydrogens is 213 g/mol. The van der Waals surface area contributed by atoms with Gasteiger partial charge in [-0.3, -0.25) is 0 Å². The number of benzene rings is 1. The van der Waals surface area contributed by atoms with E-state index in [1.165, 1.54) is 31.7 Å². The topological polar surface area (TPSA) is 12.0 Å². The van der Waals surface area contributed by atoms with E-state index in [0.717, 1.165) is 23.3 Å². The van der Waals surface area contributed by atoms with E-state index in [0.29, 0.717) is 6.04 Å². The number of nitrogens with one attached hydrogen (secondary N) is 1. The van der Waals surface area contributed by atoms with Crippen molar-refractivity contribution in [3.05, 3.63) is 35.6 Å². The maximum absolute atomic E-state index is 13.3. The van der Waals surface area contributed by atoms with Gasteiger partial charge in [-0.05, 0) is 55.3 Å². The van der Waals surface area contributed by atoms with Gasteiger partial charge in [-0.25, -0.2) is 4.39 Å². The lowest BCUT2D eigenvalue weighted by Crippen LogP contribution is -2.19. The maximum atomic E-state index is 13.3. The molecule has 2 aliphatic rings. The summed E-state index contributed by atoms with van der Waals surface area (Å²) in [6.07, 6.45) is 5.53. The van der Waals surface area contributed by atoms with Crippen molar-refractivity contribution in [2.45, 2.75) is 31.7 Å². The fraction of sp³-hybridized carbons (Fsp3) is 0.600. The molecule has 0 heterocycles. The minimum atomic E-state index is -0.119. The zero-order chi connectivity index (χ0) is 11.8. The Morgan fingerprint density at radius 1 is 1.24 bits per heavy atom. The van der Waals surface area contributed by atoms with Crippen LogP contribution in [0.25, 0.3) is 0 Å². The van der Waals surface area contributed by atoms with Crippen molar-refractivity contribution < 1.29 is 4.39 Å². The largest absolute Gasteiger partial charge is 0.313 e. The summed E-state index contributed by atoms with van der Waals surface area (Å²) < 4.78 is 13.3. The van der Waals surface area contributed by atoms with Crippen LogP contribution in [0.15, 0.2) is 24.3 Å². The van der Waals surface area contributed by atoms with E-state index < -0.39 is 0 Å². The summed E-state index contributed by atoms with van der Waals surface area (Å²) in [7, 11) is 2.00. The molecule has 1 nitrogen and oxygen atoms in total. The molecular formula is C15H20FN. The molecule has 0 radical (unpaired) electrons. The highest BCUT2D eigenvalue weighted by molar-refractivity contribution is 5.24. The molecule has 1 N–H and O–H groups in total. The third kappa shape index (κ3) is 1.99. The fourth-order valence-corrected chi connectivity index (χ4v) is 3.82. The van der Waals surface area contributed by atoms with Crippen molar-refractivity contribution in [3.8, 4) is 0 Å². The molecule has 2 saturated carbocycles. The Morgan fingerprint density at radius 2 is 1.94 bits per heavy atom. The van der Waals surface area contributed by atoms with Crippen LogP contribution in [0.4, 0.5) is 4.39 Å². The quantitative estimate of drug-likeness (QED) is 0.842. The first-order chi connectivity index (χ1) is 8.31. The first-order valence-corrected chi connectivity index (χ1v) is 6.74. The Bertz CT molecular complexity index is 392. The molecule has 1 aromatic rings. The average molecular weight is 233 g/mol. The van der Waals surface area contributed by atoms with Gasteiger partial charge in [0.1, 0.15) is 5.82 Å². The van der Waals surface area contributed by atoms with E-state index in [2.05, 4.69) is 11.4 Å². The molecule has 3 atom stereocenters. The molecule has 0 aliphatic heterocycles. The number of hydrogen-bond donors (Lipinski definition) is 1. The molecule has 0 bridgehead atoms. The van der Waals surface area contributed by atoms with Crippen LogP contribution >= 0.6 is 0 Å². The normalized spacial score (nSPS) is 32.9. The van der Waals surface area contributed by atoms with Gasteiger partial charge in [0.25, 0.3) is 0 Å². The van der Waals surface area contributed by atoms with Gasteiger partial charge in [0, 0.05) is 6.04 Å². The Labute approximate surface area is 102 Å². The minimum absolute atomic E-state index is 0.119. The summed E-state index contributed by atoms with van der Waals surface area (Å²) in [4.78, 5) is 0. The zero-order valence-corrected chi connectivity index (χ0v) is 10.3. The molecule has 3 rings (SSSR count). The molecule has 17 heavy (non-hydrogen) atoms. The summed E-state index contributed by atoms with van der Waals surface area (Å²) in [6.45, 7) is 0. The third-order valence-electron chi connectivity index (χ3n) is 4.63. The van der Waals surface area contributed by atoms with Gasteiger partial charge in [-0.15, -0.1) is 0 Å². The van der Waals surface area contributed by atoms with E-state index in [1.54, 1.807) is 6.07 Å². The van der Waals surface area contributed by atoms with E-state index in [9.17, 15) is 4.39 Å². The average Bonchev–Trinajstić information content (AvgIpc) is 3.05. The highest BCUT2D eigenvalue weighted by atomic mass is 19.1. The lowest BCUT2D eigenvalue weighted by molar-refractivity contribution is 0.478. The molecule has 0 saturated heterocycles. The van der Waals surface area contributed by atoms with Crippen LogP contribution in [0.5, 0.6) is 0 Å². The summed E-state index contributed by atoms with van der Waals surface area (Å²) in [6, 6.07) is 7.43. The molecule has 92 valence electrons. The summed E-state index contributed by atoms with van der Waals surface area (Å²) in [5.74, 6) is 2.41. The van der Waals surface area contributed by atoms with Gasteiger partial charge >= 0.3 is 0 Å². The first-order valence-electron chi connectivity index (χ1n) is 6.74. The second kappa shape index (κ2) is 4.41. The van der Waals surface area contributed by atoms with Gasteiger partial charge < -0.3 is 5.32 Å². The Morgan fingerprint density at radius 3 is 2.53 bits per heavy atom. The maximum Gasteiger partial charge on any atom is 0.123 e. The predicted octanol–water partition coefficient (Wildman–Crippen LogP) is 3.52. The second-order valence-corrected chi connectivity index (χ2v) is 5.51. The van der Waals surface area contributed by atoms with Crippen molar-refractivity contribution >= 4 is 0 Å². The van der Waals surface area contributed by atoms with Crippen molar-refractivity contribution in [2.75, 3.05) is 7.05 Å². The van der Waals surface area contributed by atoms with E-state index >= 15 is 0 Å². The number of halogens is 1. The first kappa shape index (κ1) is 11.2. The number of hydrogen-bond acceptors (Lipinski definition) is 1. The zero-order valence-electron chi connectivity index (χ0n) is 10.3. The van der Waals surface area contributed by atoms with Crippen LogP contribution < -0.4 is 5.32 Å². The van der Waals surface area contributed by atoms with E-state index in [4.69, 9.17) is 0 Å². The molecule has 1 aromatic carbocycles. The number of fused-ring (bicyclic) bond motifs is 1. The Kier molecular flexibility index (Phi) is 2.91. The number of rotatable bonds is 3. The van der Waals surface area contributed by atoms with Gasteiger partial charge in [0.15, 0.2) is 0 Å². The monoisotopic (exact) mass is 233 g/mol. The summed E-state index contributed by atoms with van der Waals surface area (Å²) in [5, 5.41) is 3.40. The van der Waals surface area contributed by atoms with Crippen molar-refractivity contribution in [1.29, 1.82) is 0 Å². The molecule has 2 heteroatoms. The Hall–Kier alpha value is -0.890. The summed E-state index contributed by atoms with van der Waals surface area (Å²) >= 11 is 0. The SMILES string of the molecule is CNC(c1cccc(F)c1)C1C2CCCCC21. The standard InChI is InChI=1S/C15H20FN/c1-17-15(10-5-4-6-11(16)9-10)14-12-7-2-3-8-13(12)14/h4-6,9,12-15,17H,2-3,7-8H2,1H3. The third-order valence-corrected chi connectivity index (χ3v) is 4.63. The van der Waals surface area contributed by atoms with Gasteiger partial charge in [0.2, 0.25) is 0 Å². The van der Waals surface area contributed by atoms with E-state index in [-0.39, 0.29) is 5.82 Å². The lowest BCUT2D eigenvalue weighted by atomic mass is 10.00. The molecule has 2 fully saturated rings. The molecule has 0 spiro atoms. The van der Waals surface area contributed by atoms with Crippen LogP contribution in [0.2, 0.25) is 0 Å². The Balaban J connectivity index is 1.80. The van der Waals surface area contributed by atoms with Crippen LogP contribution in [0.3, 0.4) is 0 Å². The fourth-order valence-electron chi connectivity index (χ4n) is 3.82. The minimum Gasteiger partial charge on any atom is -0.313 e. The molecule has 0 aromatic heterocycles. The summed E-state index contributed by atoms with van der Waals surface area (Å²) in [5.41, 5.74) is 1.12. The molecule has 2 aliphatic carbocycles. The van der Waals surface area contributed by atoms with Gasteiger partial charge in [-0.1, -0.05) is 25.0 Å². The van der Waals surface area contributed by atoms with Crippen LogP contribution in [-0.2, 0) is 0 Å². The van der Waals surface area contributed by atoms with Gasteiger partial charge in [-0.2, -0.15) is 0 Å². The van der Waals surface area contributed by atoms with Crippen LogP contribution in [-0.4, -0.2) is 7.05 Å². The highest BCUT2D eigenvalue weighted by Gasteiger charge is 2.53. The highest BCUT2D eigenvalue weighted by Crippen LogP contribution is 2.60. The van der Waals surface area contributed by atoms with Crippen LogP contribution in [0.1, 0.15) is 37.3 Å². The van der Waals surface area contributed by atoms with Crippen LogP contribution in [0, 0.1) is 23.6 Å². The van der Waals surface area contributed by atoms with Crippen molar-refractivity contribution in [2.24, 2.45) is 17.8 Å². The van der Waals surface area contributed by atoms with Gasteiger partial charge in [0.05, 0.1) is 0 Å². The molecule has 3 unspecified atom stereocenters. The molecule has 0 amide bonds. The van der Waals surface area contributed by atoms with Crippen molar-refractivity contribution in [3.63, 3.8) is 0 Å².